The molecule has 0 aliphatic heterocycles. The lowest BCUT2D eigenvalue weighted by molar-refractivity contribution is 0.428. The first-order valence-electron chi connectivity index (χ1n) is 8.92. The molecule has 146 valence electrons. The molecule has 0 amide bonds. The van der Waals surface area contributed by atoms with E-state index in [2.05, 4.69) is 15.0 Å². The van der Waals surface area contributed by atoms with Gasteiger partial charge in [-0.15, -0.1) is 0 Å². The van der Waals surface area contributed by atoms with E-state index in [4.69, 9.17) is 0 Å². The highest BCUT2D eigenvalue weighted by Gasteiger charge is 2.27. The van der Waals surface area contributed by atoms with Gasteiger partial charge in [0.05, 0.1) is 4.90 Å². The van der Waals surface area contributed by atoms with Crippen LogP contribution >= 0.6 is 0 Å². The fourth-order valence-corrected chi connectivity index (χ4v) is 4.17. The molecule has 7 nitrogen and oxygen atoms in total. The van der Waals surface area contributed by atoms with E-state index < -0.39 is 26.2 Å². The number of aromatic nitrogens is 3. The van der Waals surface area contributed by atoms with Crippen LogP contribution in [0.2, 0.25) is 0 Å². The number of aryl methyl sites for hydroxylation is 2. The fourth-order valence-electron chi connectivity index (χ4n) is 2.86. The number of aromatic amines is 1. The van der Waals surface area contributed by atoms with Crippen molar-refractivity contribution in [3.63, 3.8) is 0 Å². The minimum atomic E-state index is -4.22. The maximum Gasteiger partial charge on any atom is 0.296 e. The molecule has 3 aromatic rings. The quantitative estimate of drug-likeness (QED) is 0.659. The largest absolute Gasteiger partial charge is 0.493 e. The van der Waals surface area contributed by atoms with Gasteiger partial charge in [0.25, 0.3) is 5.56 Å². The molecule has 0 saturated heterocycles. The maximum absolute atomic E-state index is 12.9. The monoisotopic (exact) mass is 399 g/mol. The zero-order chi connectivity index (χ0) is 20.3. The van der Waals surface area contributed by atoms with Gasteiger partial charge in [-0.3, -0.25) is 9.78 Å². The molecule has 0 aliphatic rings. The number of hydrogen-bond acceptors (Lipinski definition) is 6. The fraction of sp³-hybridized carbons (Fsp3) is 0.250. The minimum Gasteiger partial charge on any atom is -0.493 e. The van der Waals surface area contributed by atoms with Crippen molar-refractivity contribution < 1.29 is 13.5 Å². The van der Waals surface area contributed by atoms with Crippen molar-refractivity contribution in [2.24, 2.45) is 0 Å². The molecule has 0 radical (unpaired) electrons. The number of nitrogens with one attached hydrogen (secondary N) is 1. The Labute approximate surface area is 163 Å². The van der Waals surface area contributed by atoms with Crippen molar-refractivity contribution in [3.05, 3.63) is 64.5 Å². The smallest absolute Gasteiger partial charge is 0.296 e. The first kappa shape index (κ1) is 19.8. The van der Waals surface area contributed by atoms with Gasteiger partial charge < -0.3 is 10.1 Å². The molecule has 0 saturated carbocycles. The summed E-state index contributed by atoms with van der Waals surface area (Å²) in [5.74, 6) is -0.413. The first-order chi connectivity index (χ1) is 13.3. The molecule has 0 atom stereocenters. The van der Waals surface area contributed by atoms with Gasteiger partial charge in [0.1, 0.15) is 5.82 Å². The van der Waals surface area contributed by atoms with Crippen molar-refractivity contribution in [1.29, 1.82) is 0 Å². The molecule has 0 bridgehead atoms. The van der Waals surface area contributed by atoms with Crippen molar-refractivity contribution in [2.75, 3.05) is 0 Å². The highest BCUT2D eigenvalue weighted by atomic mass is 32.2. The van der Waals surface area contributed by atoms with Gasteiger partial charge in [0, 0.05) is 24.4 Å². The summed E-state index contributed by atoms with van der Waals surface area (Å²) in [4.78, 5) is 21.9. The number of sulfone groups is 1. The zero-order valence-corrected chi connectivity index (χ0v) is 16.5. The Morgan fingerprint density at radius 3 is 2.43 bits per heavy atom. The molecule has 2 aromatic heterocycles. The van der Waals surface area contributed by atoms with Crippen LogP contribution in [0, 0.1) is 6.92 Å². The van der Waals surface area contributed by atoms with Crippen LogP contribution in [0.15, 0.2) is 57.3 Å². The van der Waals surface area contributed by atoms with Crippen molar-refractivity contribution >= 4 is 9.84 Å². The highest BCUT2D eigenvalue weighted by molar-refractivity contribution is 7.91. The molecule has 0 unspecified atom stereocenters. The number of nitrogens with zero attached hydrogens (tertiary/aromatic N) is 2. The summed E-state index contributed by atoms with van der Waals surface area (Å²) < 4.78 is 25.7. The van der Waals surface area contributed by atoms with Crippen LogP contribution in [0.3, 0.4) is 0 Å². The van der Waals surface area contributed by atoms with Crippen molar-refractivity contribution in [3.8, 4) is 17.0 Å². The lowest BCUT2D eigenvalue weighted by atomic mass is 10.1. The molecule has 0 aliphatic carbocycles. The highest BCUT2D eigenvalue weighted by Crippen LogP contribution is 2.27. The second kappa shape index (κ2) is 7.93. The topological polar surface area (TPSA) is 113 Å². The number of H-pyrrole nitrogens is 1. The average Bonchev–Trinajstić information content (AvgIpc) is 2.66. The molecular formula is C20H21N3O4S. The minimum absolute atomic E-state index is 0.0965. The Morgan fingerprint density at radius 2 is 1.82 bits per heavy atom. The molecule has 28 heavy (non-hydrogen) atoms. The molecule has 0 fully saturated rings. The summed E-state index contributed by atoms with van der Waals surface area (Å²) >= 11 is 0. The molecule has 3 rings (SSSR count). The van der Waals surface area contributed by atoms with Crippen LogP contribution < -0.4 is 5.56 Å². The standard InChI is InChI=1S/C20H21N3O4S/c1-3-4-5-17-22-19(24)18(20(25)23-17)28(26,27)16-8-6-14(7-9-16)15-10-13(2)11-21-12-15/h6-12H,3-5H2,1-2H3,(H2,22,23,24,25). The van der Waals surface area contributed by atoms with Crippen LogP contribution in [-0.4, -0.2) is 28.5 Å². The number of rotatable bonds is 6. The van der Waals surface area contributed by atoms with Crippen LogP contribution in [0.1, 0.15) is 31.2 Å². The third-order valence-electron chi connectivity index (χ3n) is 4.32. The van der Waals surface area contributed by atoms with E-state index in [-0.39, 0.29) is 10.7 Å². The summed E-state index contributed by atoms with van der Waals surface area (Å²) in [5.41, 5.74) is 1.67. The van der Waals surface area contributed by atoms with E-state index in [9.17, 15) is 18.3 Å². The van der Waals surface area contributed by atoms with Gasteiger partial charge in [0.2, 0.25) is 15.7 Å². The molecule has 0 spiro atoms. The summed E-state index contributed by atoms with van der Waals surface area (Å²) in [6.07, 6.45) is 5.52. The van der Waals surface area contributed by atoms with E-state index in [1.807, 2.05) is 19.9 Å². The lowest BCUT2D eigenvalue weighted by Crippen LogP contribution is -2.21. The number of benzene rings is 1. The second-order valence-corrected chi connectivity index (χ2v) is 8.44. The second-order valence-electron chi connectivity index (χ2n) is 6.55. The summed E-state index contributed by atoms with van der Waals surface area (Å²) in [6, 6.07) is 8.01. The Balaban J connectivity index is 1.98. The number of unbranched alkanes of at least 4 members (excludes halogenated alkanes) is 1. The van der Waals surface area contributed by atoms with E-state index in [0.29, 0.717) is 6.42 Å². The van der Waals surface area contributed by atoms with E-state index in [1.165, 1.54) is 12.1 Å². The first-order valence-corrected chi connectivity index (χ1v) is 10.4. The summed E-state index contributed by atoms with van der Waals surface area (Å²) in [7, 11) is -4.22. The predicted molar refractivity (Wildman–Crippen MR) is 105 cm³/mol. The molecule has 8 heteroatoms. The van der Waals surface area contributed by atoms with Gasteiger partial charge in [-0.05, 0) is 42.7 Å². The summed E-state index contributed by atoms with van der Waals surface area (Å²) in [6.45, 7) is 3.90. The average molecular weight is 399 g/mol. The van der Waals surface area contributed by atoms with Crippen molar-refractivity contribution in [1.82, 2.24) is 15.0 Å². The van der Waals surface area contributed by atoms with E-state index in [0.717, 1.165) is 29.5 Å². The predicted octanol–water partition coefficient (Wildman–Crippen LogP) is 3.02. The number of pyridine rings is 1. The lowest BCUT2D eigenvalue weighted by Gasteiger charge is -2.09. The van der Waals surface area contributed by atoms with E-state index in [1.54, 1.807) is 24.5 Å². The number of hydrogen-bond donors (Lipinski definition) is 2. The third kappa shape index (κ3) is 3.96. The Hall–Kier alpha value is -3.00. The van der Waals surface area contributed by atoms with Gasteiger partial charge in [-0.25, -0.2) is 8.42 Å². The summed E-state index contributed by atoms with van der Waals surface area (Å²) in [5, 5.41) is 10.1. The van der Waals surface area contributed by atoms with Gasteiger partial charge in [-0.2, -0.15) is 4.98 Å². The molecule has 2 heterocycles. The maximum atomic E-state index is 12.9. The third-order valence-corrected chi connectivity index (χ3v) is 6.12. The SMILES string of the molecule is CCCCc1nc(=O)c(S(=O)(=O)c2ccc(-c3cncc(C)c3)cc2)c(O)[nH]1. The molecule has 1 aromatic carbocycles. The zero-order valence-electron chi connectivity index (χ0n) is 15.6. The Bertz CT molecular complexity index is 1150. The number of aromatic hydroxyl groups is 1. The van der Waals surface area contributed by atoms with Crippen LogP contribution in [0.25, 0.3) is 11.1 Å². The van der Waals surface area contributed by atoms with Crippen molar-refractivity contribution in [2.45, 2.75) is 42.9 Å². The van der Waals surface area contributed by atoms with Crippen LogP contribution in [0.5, 0.6) is 5.88 Å². The van der Waals surface area contributed by atoms with E-state index >= 15 is 0 Å². The molecular weight excluding hydrogens is 378 g/mol. The van der Waals surface area contributed by atoms with Gasteiger partial charge in [0.15, 0.2) is 4.90 Å². The molecule has 2 N–H and O–H groups in total. The van der Waals surface area contributed by atoms with Gasteiger partial charge in [-0.1, -0.05) is 25.5 Å². The normalized spacial score (nSPS) is 11.5. The Morgan fingerprint density at radius 1 is 1.11 bits per heavy atom. The van der Waals surface area contributed by atoms with Crippen LogP contribution in [0.4, 0.5) is 0 Å². The van der Waals surface area contributed by atoms with Crippen LogP contribution in [-0.2, 0) is 16.3 Å². The Kier molecular flexibility index (Phi) is 5.60. The van der Waals surface area contributed by atoms with Gasteiger partial charge >= 0.3 is 0 Å².